The van der Waals surface area contributed by atoms with E-state index in [4.69, 9.17) is 4.42 Å². The van der Waals surface area contributed by atoms with Crippen molar-refractivity contribution in [1.29, 1.82) is 0 Å². The summed E-state index contributed by atoms with van der Waals surface area (Å²) in [7, 11) is -1.22. The van der Waals surface area contributed by atoms with Gasteiger partial charge in [0.2, 0.25) is 0 Å². The average Bonchev–Trinajstić information content (AvgIpc) is 3.23. The third-order valence-corrected chi connectivity index (χ3v) is 6.26. The van der Waals surface area contributed by atoms with Crippen molar-refractivity contribution in [3.05, 3.63) is 84.1 Å². The minimum atomic E-state index is -1.22. The van der Waals surface area contributed by atoms with Crippen LogP contribution in [0.4, 0.5) is 10.1 Å². The molecule has 29 heavy (non-hydrogen) atoms. The fraction of sp³-hybridized carbons (Fsp3) is 0.227. The van der Waals surface area contributed by atoms with Crippen molar-refractivity contribution in [2.45, 2.75) is 10.6 Å². The van der Waals surface area contributed by atoms with Gasteiger partial charge in [-0.15, -0.1) is 0 Å². The molecule has 150 valence electrons. The quantitative estimate of drug-likeness (QED) is 0.641. The first-order valence-electron chi connectivity index (χ1n) is 9.42. The Morgan fingerprint density at radius 1 is 0.931 bits per heavy atom. The lowest BCUT2D eigenvalue weighted by Gasteiger charge is -2.35. The SMILES string of the molecule is O=C(c1ccc(C[S@@](=O)c2ccccc2)o1)N1CCN(c2ccc(F)cc2)CC1. The molecule has 1 atom stereocenters. The molecule has 0 spiro atoms. The number of rotatable bonds is 5. The van der Waals surface area contributed by atoms with Gasteiger partial charge in [-0.05, 0) is 48.5 Å². The van der Waals surface area contributed by atoms with Crippen molar-refractivity contribution >= 4 is 22.4 Å². The Labute approximate surface area is 171 Å². The molecule has 1 saturated heterocycles. The highest BCUT2D eigenvalue weighted by atomic mass is 32.2. The average molecular weight is 412 g/mol. The van der Waals surface area contributed by atoms with Gasteiger partial charge in [-0.1, -0.05) is 18.2 Å². The van der Waals surface area contributed by atoms with Crippen LogP contribution in [0.3, 0.4) is 0 Å². The van der Waals surface area contributed by atoms with Crippen molar-refractivity contribution in [3.8, 4) is 0 Å². The van der Waals surface area contributed by atoms with Crippen LogP contribution in [0.5, 0.6) is 0 Å². The fourth-order valence-electron chi connectivity index (χ4n) is 3.33. The second-order valence-electron chi connectivity index (χ2n) is 6.82. The molecule has 1 aliphatic heterocycles. The zero-order chi connectivity index (χ0) is 20.2. The van der Waals surface area contributed by atoms with Crippen molar-refractivity contribution in [2.24, 2.45) is 0 Å². The summed E-state index contributed by atoms with van der Waals surface area (Å²) < 4.78 is 31.2. The summed E-state index contributed by atoms with van der Waals surface area (Å²) in [6, 6.07) is 18.9. The van der Waals surface area contributed by atoms with Crippen LogP contribution in [0.25, 0.3) is 0 Å². The Morgan fingerprint density at radius 3 is 2.31 bits per heavy atom. The Morgan fingerprint density at radius 2 is 1.62 bits per heavy atom. The van der Waals surface area contributed by atoms with Crippen LogP contribution < -0.4 is 4.90 Å². The molecule has 0 saturated carbocycles. The molecule has 4 rings (SSSR count). The summed E-state index contributed by atoms with van der Waals surface area (Å²) in [5.74, 6) is 0.598. The molecule has 0 aliphatic carbocycles. The highest BCUT2D eigenvalue weighted by molar-refractivity contribution is 7.84. The lowest BCUT2D eigenvalue weighted by Crippen LogP contribution is -2.48. The zero-order valence-corrected chi connectivity index (χ0v) is 16.6. The van der Waals surface area contributed by atoms with Crippen molar-refractivity contribution in [3.63, 3.8) is 0 Å². The van der Waals surface area contributed by atoms with E-state index in [1.165, 1.54) is 12.1 Å². The summed E-state index contributed by atoms with van der Waals surface area (Å²) in [4.78, 5) is 17.3. The number of carbonyl (C=O) groups excluding carboxylic acids is 1. The van der Waals surface area contributed by atoms with Gasteiger partial charge in [0, 0.05) is 36.8 Å². The smallest absolute Gasteiger partial charge is 0.289 e. The molecule has 2 heterocycles. The molecule has 1 aliphatic rings. The Kier molecular flexibility index (Phi) is 5.76. The minimum absolute atomic E-state index is 0.166. The van der Waals surface area contributed by atoms with Crippen molar-refractivity contribution in [1.82, 2.24) is 4.90 Å². The molecule has 0 radical (unpaired) electrons. The molecule has 1 fully saturated rings. The zero-order valence-electron chi connectivity index (χ0n) is 15.8. The van der Waals surface area contributed by atoms with Crippen LogP contribution in [0.15, 0.2) is 76.0 Å². The van der Waals surface area contributed by atoms with Gasteiger partial charge in [-0.25, -0.2) is 4.39 Å². The molecule has 5 nitrogen and oxygen atoms in total. The van der Waals surface area contributed by atoms with E-state index in [1.807, 2.05) is 30.3 Å². The Bertz CT molecular complexity index is 996. The number of furan rings is 1. The predicted octanol–water partition coefficient (Wildman–Crippen LogP) is 3.69. The molecule has 0 unspecified atom stereocenters. The van der Waals surface area contributed by atoms with Gasteiger partial charge < -0.3 is 14.2 Å². The van der Waals surface area contributed by atoms with Gasteiger partial charge in [0.25, 0.3) is 5.91 Å². The van der Waals surface area contributed by atoms with E-state index in [9.17, 15) is 13.4 Å². The van der Waals surface area contributed by atoms with Crippen LogP contribution in [0, 0.1) is 5.82 Å². The van der Waals surface area contributed by atoms with E-state index in [0.717, 1.165) is 10.6 Å². The number of hydrogen-bond donors (Lipinski definition) is 0. The number of nitrogens with zero attached hydrogens (tertiary/aromatic N) is 2. The largest absolute Gasteiger partial charge is 0.455 e. The van der Waals surface area contributed by atoms with Crippen LogP contribution in [0.1, 0.15) is 16.3 Å². The van der Waals surface area contributed by atoms with E-state index in [1.54, 1.807) is 29.2 Å². The number of carbonyl (C=O) groups is 1. The van der Waals surface area contributed by atoms with E-state index in [2.05, 4.69) is 4.90 Å². The Balaban J connectivity index is 1.35. The van der Waals surface area contributed by atoms with Crippen molar-refractivity contribution in [2.75, 3.05) is 31.1 Å². The van der Waals surface area contributed by atoms with Gasteiger partial charge in [-0.2, -0.15) is 0 Å². The molecule has 3 aromatic rings. The van der Waals surface area contributed by atoms with Gasteiger partial charge in [0.15, 0.2) is 5.76 Å². The molecule has 1 amide bonds. The van der Waals surface area contributed by atoms with E-state index in [0.29, 0.717) is 31.9 Å². The van der Waals surface area contributed by atoms with Crippen molar-refractivity contribution < 1.29 is 17.8 Å². The second kappa shape index (κ2) is 8.61. The summed E-state index contributed by atoms with van der Waals surface area (Å²) >= 11 is 0. The van der Waals surface area contributed by atoms with E-state index >= 15 is 0 Å². The van der Waals surface area contributed by atoms with Gasteiger partial charge >= 0.3 is 0 Å². The van der Waals surface area contributed by atoms with Crippen LogP contribution in [-0.4, -0.2) is 41.2 Å². The number of piperazine rings is 1. The molecule has 0 bridgehead atoms. The molecule has 0 N–H and O–H groups in total. The maximum Gasteiger partial charge on any atom is 0.289 e. The molecule has 2 aromatic carbocycles. The van der Waals surface area contributed by atoms with Crippen LogP contribution in [0.2, 0.25) is 0 Å². The van der Waals surface area contributed by atoms with Gasteiger partial charge in [0.1, 0.15) is 11.6 Å². The number of anilines is 1. The summed E-state index contributed by atoms with van der Waals surface area (Å²) in [5.41, 5.74) is 0.946. The van der Waals surface area contributed by atoms with E-state index in [-0.39, 0.29) is 23.2 Å². The third-order valence-electron chi connectivity index (χ3n) is 4.91. The molecule has 7 heteroatoms. The summed E-state index contributed by atoms with van der Waals surface area (Å²) in [6.07, 6.45) is 0. The standard InChI is InChI=1S/C22H21FN2O3S/c23-17-6-8-18(9-7-17)24-12-14-25(15-13-24)22(26)21-11-10-19(28-21)16-29(27)20-4-2-1-3-5-20/h1-11H,12-16H2/t29-/m1/s1. The lowest BCUT2D eigenvalue weighted by atomic mass is 10.2. The number of halogens is 1. The predicted molar refractivity (Wildman–Crippen MR) is 110 cm³/mol. The minimum Gasteiger partial charge on any atom is -0.455 e. The maximum atomic E-state index is 13.1. The fourth-order valence-corrected chi connectivity index (χ4v) is 4.37. The van der Waals surface area contributed by atoms with Gasteiger partial charge in [-0.3, -0.25) is 9.00 Å². The summed E-state index contributed by atoms with van der Waals surface area (Å²) in [6.45, 7) is 2.45. The van der Waals surface area contributed by atoms with Gasteiger partial charge in [0.05, 0.1) is 16.6 Å². The normalized spacial score (nSPS) is 15.3. The molecular weight excluding hydrogens is 391 g/mol. The third kappa shape index (κ3) is 4.56. The summed E-state index contributed by atoms with van der Waals surface area (Å²) in [5, 5.41) is 0. The molecule has 1 aromatic heterocycles. The number of amides is 1. The number of hydrogen-bond acceptors (Lipinski definition) is 4. The highest BCUT2D eigenvalue weighted by Crippen LogP contribution is 2.20. The highest BCUT2D eigenvalue weighted by Gasteiger charge is 2.24. The first-order valence-corrected chi connectivity index (χ1v) is 10.7. The first-order chi connectivity index (χ1) is 14.1. The van der Waals surface area contributed by atoms with Crippen LogP contribution in [-0.2, 0) is 16.6 Å². The van der Waals surface area contributed by atoms with E-state index < -0.39 is 10.8 Å². The maximum absolute atomic E-state index is 13.1. The second-order valence-corrected chi connectivity index (χ2v) is 8.28. The lowest BCUT2D eigenvalue weighted by molar-refractivity contribution is 0.0713. The molecular formula is C22H21FN2O3S. The number of benzene rings is 2. The first kappa shape index (κ1) is 19.4. The topological polar surface area (TPSA) is 53.8 Å². The Hall–Kier alpha value is -2.93. The monoisotopic (exact) mass is 412 g/mol. The van der Waals surface area contributed by atoms with Crippen LogP contribution >= 0.6 is 0 Å².